The van der Waals surface area contributed by atoms with Gasteiger partial charge < -0.3 is 10.0 Å². The molecule has 0 aromatic rings. The Morgan fingerprint density at radius 3 is 2.42 bits per heavy atom. The summed E-state index contributed by atoms with van der Waals surface area (Å²) in [7, 11) is 4.02. The molecule has 1 saturated carbocycles. The zero-order chi connectivity index (χ0) is 8.97. The van der Waals surface area contributed by atoms with Crippen LogP contribution in [0.1, 0.15) is 32.1 Å². The van der Waals surface area contributed by atoms with Crippen molar-refractivity contribution in [1.29, 1.82) is 0 Å². The van der Waals surface area contributed by atoms with Gasteiger partial charge in [0, 0.05) is 6.54 Å². The highest BCUT2D eigenvalue weighted by Gasteiger charge is 2.18. The SMILES string of the molecule is CN(C)CC(O)CC1CCCC1. The Labute approximate surface area is 75.6 Å². The fraction of sp³-hybridized carbons (Fsp3) is 1.00. The van der Waals surface area contributed by atoms with Crippen LogP contribution in [0.4, 0.5) is 0 Å². The molecule has 0 aliphatic heterocycles. The molecule has 0 spiro atoms. The van der Waals surface area contributed by atoms with E-state index in [1.54, 1.807) is 0 Å². The molecule has 0 saturated heterocycles. The number of hydrogen-bond donors (Lipinski definition) is 1. The topological polar surface area (TPSA) is 23.5 Å². The minimum atomic E-state index is -0.108. The van der Waals surface area contributed by atoms with E-state index in [-0.39, 0.29) is 6.10 Å². The van der Waals surface area contributed by atoms with Crippen molar-refractivity contribution in [2.24, 2.45) is 5.92 Å². The summed E-state index contributed by atoms with van der Waals surface area (Å²) in [6.45, 7) is 0.816. The van der Waals surface area contributed by atoms with E-state index in [0.717, 1.165) is 18.9 Å². The van der Waals surface area contributed by atoms with Gasteiger partial charge in [0.1, 0.15) is 0 Å². The van der Waals surface area contributed by atoms with Crippen LogP contribution in [-0.4, -0.2) is 36.8 Å². The Kier molecular flexibility index (Phi) is 4.02. The fourth-order valence-corrected chi connectivity index (χ4v) is 2.13. The molecule has 1 aliphatic carbocycles. The van der Waals surface area contributed by atoms with Gasteiger partial charge in [-0.2, -0.15) is 0 Å². The molecule has 0 amide bonds. The second-order valence-electron chi connectivity index (χ2n) is 4.30. The number of aliphatic hydroxyl groups is 1. The van der Waals surface area contributed by atoms with Gasteiger partial charge in [-0.05, 0) is 26.4 Å². The van der Waals surface area contributed by atoms with E-state index in [4.69, 9.17) is 0 Å². The van der Waals surface area contributed by atoms with Gasteiger partial charge in [0.25, 0.3) is 0 Å². The third-order valence-corrected chi connectivity index (χ3v) is 2.66. The van der Waals surface area contributed by atoms with E-state index >= 15 is 0 Å². The van der Waals surface area contributed by atoms with E-state index in [1.807, 2.05) is 14.1 Å². The number of rotatable bonds is 4. The third kappa shape index (κ3) is 3.55. The zero-order valence-corrected chi connectivity index (χ0v) is 8.29. The molecule has 2 nitrogen and oxygen atoms in total. The van der Waals surface area contributed by atoms with Crippen LogP contribution in [0.25, 0.3) is 0 Å². The molecular weight excluding hydrogens is 150 g/mol. The molecule has 72 valence electrons. The maximum absolute atomic E-state index is 9.64. The molecule has 0 radical (unpaired) electrons. The molecule has 2 heteroatoms. The van der Waals surface area contributed by atoms with Gasteiger partial charge in [-0.25, -0.2) is 0 Å². The van der Waals surface area contributed by atoms with Gasteiger partial charge in [0.2, 0.25) is 0 Å². The first-order chi connectivity index (χ1) is 5.68. The summed E-state index contributed by atoms with van der Waals surface area (Å²) in [4.78, 5) is 2.06. The highest BCUT2D eigenvalue weighted by atomic mass is 16.3. The van der Waals surface area contributed by atoms with E-state index in [1.165, 1.54) is 25.7 Å². The normalized spacial score (nSPS) is 22.0. The third-order valence-electron chi connectivity index (χ3n) is 2.66. The number of hydrogen-bond acceptors (Lipinski definition) is 2. The molecular formula is C10H21NO. The van der Waals surface area contributed by atoms with Crippen LogP contribution >= 0.6 is 0 Å². The van der Waals surface area contributed by atoms with Gasteiger partial charge in [0.05, 0.1) is 6.10 Å². The van der Waals surface area contributed by atoms with Crippen LogP contribution in [0, 0.1) is 5.92 Å². The van der Waals surface area contributed by atoms with E-state index in [0.29, 0.717) is 0 Å². The number of likely N-dealkylation sites (N-methyl/N-ethyl adjacent to an activating group) is 1. The van der Waals surface area contributed by atoms with Crippen LogP contribution in [0.3, 0.4) is 0 Å². The highest BCUT2D eigenvalue weighted by Crippen LogP contribution is 2.28. The van der Waals surface area contributed by atoms with Crippen molar-refractivity contribution >= 4 is 0 Å². The Bertz CT molecular complexity index is 119. The predicted octanol–water partition coefficient (Wildman–Crippen LogP) is 1.49. The molecule has 1 N–H and O–H groups in total. The van der Waals surface area contributed by atoms with E-state index < -0.39 is 0 Å². The average Bonchev–Trinajstić information content (AvgIpc) is 2.37. The molecule has 1 atom stereocenters. The van der Waals surface area contributed by atoms with Crippen molar-refractivity contribution in [2.45, 2.75) is 38.2 Å². The molecule has 1 fully saturated rings. The van der Waals surface area contributed by atoms with Crippen LogP contribution in [0.15, 0.2) is 0 Å². The van der Waals surface area contributed by atoms with Gasteiger partial charge in [0.15, 0.2) is 0 Å². The maximum Gasteiger partial charge on any atom is 0.0669 e. The van der Waals surface area contributed by atoms with Gasteiger partial charge in [-0.1, -0.05) is 25.7 Å². The van der Waals surface area contributed by atoms with Crippen LogP contribution in [0.5, 0.6) is 0 Å². The second-order valence-corrected chi connectivity index (χ2v) is 4.30. The summed E-state index contributed by atoms with van der Waals surface area (Å²) in [5, 5.41) is 9.64. The Hall–Kier alpha value is -0.0800. The van der Waals surface area contributed by atoms with Crippen molar-refractivity contribution in [1.82, 2.24) is 4.90 Å². The molecule has 1 unspecified atom stereocenters. The quantitative estimate of drug-likeness (QED) is 0.692. The fourth-order valence-electron chi connectivity index (χ4n) is 2.13. The maximum atomic E-state index is 9.64. The first-order valence-electron chi connectivity index (χ1n) is 5.01. The van der Waals surface area contributed by atoms with Crippen LogP contribution in [0.2, 0.25) is 0 Å². The molecule has 1 rings (SSSR count). The summed E-state index contributed by atoms with van der Waals surface area (Å²) in [6, 6.07) is 0. The van der Waals surface area contributed by atoms with Gasteiger partial charge in [-0.3, -0.25) is 0 Å². The number of aliphatic hydroxyl groups excluding tert-OH is 1. The van der Waals surface area contributed by atoms with Gasteiger partial charge >= 0.3 is 0 Å². The molecule has 0 aromatic carbocycles. The first-order valence-corrected chi connectivity index (χ1v) is 5.01. The monoisotopic (exact) mass is 171 g/mol. The first kappa shape index (κ1) is 10.0. The lowest BCUT2D eigenvalue weighted by molar-refractivity contribution is 0.111. The standard InChI is InChI=1S/C10H21NO/c1-11(2)8-10(12)7-9-5-3-4-6-9/h9-10,12H,3-8H2,1-2H3. The van der Waals surface area contributed by atoms with Gasteiger partial charge in [-0.15, -0.1) is 0 Å². The Morgan fingerprint density at radius 1 is 1.33 bits per heavy atom. The molecule has 12 heavy (non-hydrogen) atoms. The van der Waals surface area contributed by atoms with E-state index in [9.17, 15) is 5.11 Å². The Balaban J connectivity index is 2.11. The van der Waals surface area contributed by atoms with Crippen LogP contribution < -0.4 is 0 Å². The van der Waals surface area contributed by atoms with Crippen LogP contribution in [-0.2, 0) is 0 Å². The predicted molar refractivity (Wildman–Crippen MR) is 51.1 cm³/mol. The van der Waals surface area contributed by atoms with Crippen molar-refractivity contribution in [2.75, 3.05) is 20.6 Å². The summed E-state index contributed by atoms with van der Waals surface area (Å²) in [6.07, 6.45) is 6.33. The lowest BCUT2D eigenvalue weighted by Gasteiger charge is -2.18. The minimum absolute atomic E-state index is 0.108. The minimum Gasteiger partial charge on any atom is -0.392 e. The zero-order valence-electron chi connectivity index (χ0n) is 8.29. The van der Waals surface area contributed by atoms with Crippen molar-refractivity contribution in [3.05, 3.63) is 0 Å². The van der Waals surface area contributed by atoms with Crippen molar-refractivity contribution in [3.63, 3.8) is 0 Å². The number of nitrogens with zero attached hydrogens (tertiary/aromatic N) is 1. The molecule has 1 aliphatic rings. The summed E-state index contributed by atoms with van der Waals surface area (Å²) in [5.74, 6) is 0.806. The summed E-state index contributed by atoms with van der Waals surface area (Å²) < 4.78 is 0. The lowest BCUT2D eigenvalue weighted by atomic mass is 10.00. The molecule has 0 heterocycles. The van der Waals surface area contributed by atoms with E-state index in [2.05, 4.69) is 4.90 Å². The summed E-state index contributed by atoms with van der Waals surface area (Å²) in [5.41, 5.74) is 0. The lowest BCUT2D eigenvalue weighted by Crippen LogP contribution is -2.27. The Morgan fingerprint density at radius 2 is 1.92 bits per heavy atom. The highest BCUT2D eigenvalue weighted by molar-refractivity contribution is 4.71. The summed E-state index contributed by atoms with van der Waals surface area (Å²) >= 11 is 0. The molecule has 0 aromatic heterocycles. The molecule has 0 bridgehead atoms. The largest absolute Gasteiger partial charge is 0.392 e. The van der Waals surface area contributed by atoms with Crippen molar-refractivity contribution in [3.8, 4) is 0 Å². The van der Waals surface area contributed by atoms with Crippen molar-refractivity contribution < 1.29 is 5.11 Å². The average molecular weight is 171 g/mol. The smallest absolute Gasteiger partial charge is 0.0669 e. The second kappa shape index (κ2) is 4.83.